The van der Waals surface area contributed by atoms with Gasteiger partial charge in [-0.05, 0) is 50.6 Å². The van der Waals surface area contributed by atoms with Crippen LogP contribution in [0.4, 0.5) is 5.69 Å². The molecule has 28 heavy (non-hydrogen) atoms. The van der Waals surface area contributed by atoms with Crippen molar-refractivity contribution in [2.24, 2.45) is 0 Å². The molecule has 148 valence electrons. The second-order valence-corrected chi connectivity index (χ2v) is 8.26. The first kappa shape index (κ1) is 19.8. The summed E-state index contributed by atoms with van der Waals surface area (Å²) in [5, 5.41) is 8.25. The first-order valence-electron chi connectivity index (χ1n) is 9.01. The molecule has 0 aliphatic carbocycles. The number of nitrogens with zero attached hydrogens (tertiary/aromatic N) is 4. The van der Waals surface area contributed by atoms with E-state index >= 15 is 0 Å². The molecular formula is C19H23N5O3S. The summed E-state index contributed by atoms with van der Waals surface area (Å²) in [5.74, 6) is 1.64. The van der Waals surface area contributed by atoms with E-state index in [0.29, 0.717) is 29.6 Å². The highest BCUT2D eigenvalue weighted by atomic mass is 32.2. The zero-order valence-electron chi connectivity index (χ0n) is 16.1. The van der Waals surface area contributed by atoms with Crippen molar-refractivity contribution in [3.63, 3.8) is 0 Å². The van der Waals surface area contributed by atoms with Crippen LogP contribution in [0, 0.1) is 13.8 Å². The smallest absolute Gasteiger partial charge is 0.238 e. The third-order valence-corrected chi connectivity index (χ3v) is 5.61. The zero-order chi connectivity index (χ0) is 20.1. The molecule has 8 nitrogen and oxygen atoms in total. The molecule has 0 bridgehead atoms. The van der Waals surface area contributed by atoms with E-state index in [0.717, 1.165) is 17.8 Å². The van der Waals surface area contributed by atoms with E-state index in [1.54, 1.807) is 42.7 Å². The molecule has 0 unspecified atom stereocenters. The molecule has 2 heterocycles. The van der Waals surface area contributed by atoms with E-state index in [1.165, 1.54) is 0 Å². The van der Waals surface area contributed by atoms with Gasteiger partial charge in [-0.25, -0.2) is 13.4 Å². The highest BCUT2D eigenvalue weighted by Crippen LogP contribution is 2.22. The Balaban J connectivity index is 1.65. The maximum atomic E-state index is 11.9. The lowest BCUT2D eigenvalue weighted by atomic mass is 10.3. The Bertz CT molecular complexity index is 1030. The average molecular weight is 401 g/mol. The van der Waals surface area contributed by atoms with Gasteiger partial charge in [-0.1, -0.05) is 13.3 Å². The van der Waals surface area contributed by atoms with Gasteiger partial charge in [-0.2, -0.15) is 0 Å². The second kappa shape index (κ2) is 8.39. The van der Waals surface area contributed by atoms with Crippen molar-refractivity contribution in [2.75, 3.05) is 10.5 Å². The maximum Gasteiger partial charge on any atom is 0.238 e. The number of hydrogen-bond donors (Lipinski definition) is 1. The number of anilines is 1. The van der Waals surface area contributed by atoms with Crippen molar-refractivity contribution in [1.82, 2.24) is 19.7 Å². The van der Waals surface area contributed by atoms with Gasteiger partial charge >= 0.3 is 0 Å². The van der Waals surface area contributed by atoms with Crippen LogP contribution in [-0.4, -0.2) is 33.9 Å². The molecule has 3 rings (SSSR count). The Morgan fingerprint density at radius 2 is 1.82 bits per heavy atom. The molecule has 0 radical (unpaired) electrons. The zero-order valence-corrected chi connectivity index (χ0v) is 16.9. The van der Waals surface area contributed by atoms with Crippen LogP contribution in [0.2, 0.25) is 0 Å². The van der Waals surface area contributed by atoms with E-state index in [-0.39, 0.29) is 5.75 Å². The van der Waals surface area contributed by atoms with Gasteiger partial charge in [0.15, 0.2) is 5.82 Å². The van der Waals surface area contributed by atoms with E-state index in [1.807, 2.05) is 25.3 Å². The summed E-state index contributed by atoms with van der Waals surface area (Å²) in [6.45, 7) is 5.85. The molecule has 1 N–H and O–H groups in total. The van der Waals surface area contributed by atoms with Crippen molar-refractivity contribution >= 4 is 15.7 Å². The van der Waals surface area contributed by atoms with Crippen LogP contribution < -0.4 is 9.46 Å². The Hall–Kier alpha value is -2.94. The van der Waals surface area contributed by atoms with Gasteiger partial charge in [0.25, 0.3) is 0 Å². The van der Waals surface area contributed by atoms with Gasteiger partial charge in [-0.3, -0.25) is 9.29 Å². The van der Waals surface area contributed by atoms with Crippen molar-refractivity contribution in [3.05, 3.63) is 54.1 Å². The summed E-state index contributed by atoms with van der Waals surface area (Å²) >= 11 is 0. The van der Waals surface area contributed by atoms with Gasteiger partial charge in [-0.15, -0.1) is 10.2 Å². The Morgan fingerprint density at radius 1 is 1.07 bits per heavy atom. The third kappa shape index (κ3) is 4.86. The van der Waals surface area contributed by atoms with Crippen LogP contribution in [0.25, 0.3) is 5.82 Å². The Kier molecular flexibility index (Phi) is 5.93. The lowest BCUT2D eigenvalue weighted by Crippen LogP contribution is -2.16. The van der Waals surface area contributed by atoms with Gasteiger partial charge in [0.05, 0.1) is 11.4 Å². The number of unbranched alkanes of at least 4 members (excludes halogenated alkanes) is 1. The number of aromatic nitrogens is 4. The van der Waals surface area contributed by atoms with Gasteiger partial charge < -0.3 is 4.74 Å². The second-order valence-electron chi connectivity index (χ2n) is 6.42. The summed E-state index contributed by atoms with van der Waals surface area (Å²) in [6, 6.07) is 10.2. The minimum atomic E-state index is -3.32. The molecule has 2 aromatic heterocycles. The largest absolute Gasteiger partial charge is 0.438 e. The molecule has 1 aromatic carbocycles. The molecule has 0 aliphatic rings. The molecule has 0 fully saturated rings. The fourth-order valence-electron chi connectivity index (χ4n) is 2.50. The van der Waals surface area contributed by atoms with Crippen LogP contribution in [0.5, 0.6) is 11.6 Å². The first-order chi connectivity index (χ1) is 13.4. The van der Waals surface area contributed by atoms with Crippen LogP contribution in [-0.2, 0) is 10.0 Å². The average Bonchev–Trinajstić information content (AvgIpc) is 3.01. The first-order valence-corrected chi connectivity index (χ1v) is 10.7. The van der Waals surface area contributed by atoms with Crippen molar-refractivity contribution in [1.29, 1.82) is 0 Å². The molecular weight excluding hydrogens is 378 g/mol. The molecule has 0 amide bonds. The lowest BCUT2D eigenvalue weighted by Gasteiger charge is -2.09. The molecule has 0 saturated heterocycles. The number of benzene rings is 1. The van der Waals surface area contributed by atoms with Gasteiger partial charge in [0.1, 0.15) is 12.1 Å². The maximum absolute atomic E-state index is 11.9. The Labute approximate surface area is 164 Å². The van der Waals surface area contributed by atoms with E-state index in [4.69, 9.17) is 4.74 Å². The van der Waals surface area contributed by atoms with E-state index in [9.17, 15) is 8.42 Å². The number of sulfonamides is 1. The monoisotopic (exact) mass is 401 g/mol. The molecule has 9 heteroatoms. The van der Waals surface area contributed by atoms with Crippen LogP contribution in [0.1, 0.15) is 31.2 Å². The van der Waals surface area contributed by atoms with Crippen molar-refractivity contribution < 1.29 is 13.2 Å². The summed E-state index contributed by atoms with van der Waals surface area (Å²) < 4.78 is 34.0. The number of imidazole rings is 1. The number of aryl methyl sites for hydroxylation is 1. The molecule has 0 atom stereocenters. The fraction of sp³-hybridized carbons (Fsp3) is 0.316. The normalized spacial score (nSPS) is 11.4. The predicted octanol–water partition coefficient (Wildman–Crippen LogP) is 3.61. The molecule has 0 aliphatic heterocycles. The number of rotatable bonds is 8. The van der Waals surface area contributed by atoms with Crippen molar-refractivity contribution in [2.45, 2.75) is 33.6 Å². The number of hydrogen-bond acceptors (Lipinski definition) is 6. The van der Waals surface area contributed by atoms with Crippen LogP contribution in [0.15, 0.2) is 42.7 Å². The summed E-state index contributed by atoms with van der Waals surface area (Å²) in [6.07, 6.45) is 3.16. The molecule has 0 saturated carbocycles. The SMILES string of the molecule is CCCCS(=O)(=O)Nc1ccc(Oc2ccc(-n3cnc(C)c3C)nn2)cc1. The fourth-order valence-corrected chi connectivity index (χ4v) is 3.77. The van der Waals surface area contributed by atoms with Crippen molar-refractivity contribution in [3.8, 4) is 17.4 Å². The highest BCUT2D eigenvalue weighted by Gasteiger charge is 2.10. The predicted molar refractivity (Wildman–Crippen MR) is 107 cm³/mol. The summed E-state index contributed by atoms with van der Waals surface area (Å²) in [7, 11) is -3.32. The van der Waals surface area contributed by atoms with Gasteiger partial charge in [0, 0.05) is 17.4 Å². The molecule has 0 spiro atoms. The lowest BCUT2D eigenvalue weighted by molar-refractivity contribution is 0.454. The number of ether oxygens (including phenoxy) is 1. The highest BCUT2D eigenvalue weighted by molar-refractivity contribution is 7.92. The van der Waals surface area contributed by atoms with E-state index in [2.05, 4.69) is 19.9 Å². The van der Waals surface area contributed by atoms with Crippen LogP contribution in [0.3, 0.4) is 0 Å². The van der Waals surface area contributed by atoms with Gasteiger partial charge in [0.2, 0.25) is 15.9 Å². The minimum absolute atomic E-state index is 0.111. The standard InChI is InChI=1S/C19H23N5O3S/c1-4-5-12-28(25,26)23-16-6-8-17(9-7-16)27-19-11-10-18(21-22-19)24-13-20-14(2)15(24)3/h6-11,13,23H,4-5,12H2,1-3H3. The quantitative estimate of drug-likeness (QED) is 0.619. The minimum Gasteiger partial charge on any atom is -0.438 e. The third-order valence-electron chi connectivity index (χ3n) is 4.24. The topological polar surface area (TPSA) is 99.0 Å². The van der Waals surface area contributed by atoms with E-state index < -0.39 is 10.0 Å². The summed E-state index contributed by atoms with van der Waals surface area (Å²) in [5.41, 5.74) is 2.43. The summed E-state index contributed by atoms with van der Waals surface area (Å²) in [4.78, 5) is 4.25. The number of nitrogens with one attached hydrogen (secondary N) is 1. The van der Waals surface area contributed by atoms with Crippen LogP contribution >= 0.6 is 0 Å². The Morgan fingerprint density at radius 3 is 2.39 bits per heavy atom. The molecule has 3 aromatic rings.